The van der Waals surface area contributed by atoms with Crippen LogP contribution in [-0.2, 0) is 13.2 Å². The van der Waals surface area contributed by atoms with Gasteiger partial charge in [0.05, 0.1) is 17.3 Å². The summed E-state index contributed by atoms with van der Waals surface area (Å²) < 4.78 is 7.66. The Kier molecular flexibility index (Phi) is 5.22. The minimum atomic E-state index is 0.221. The monoisotopic (exact) mass is 306 g/mol. The third kappa shape index (κ3) is 4.23. The van der Waals surface area contributed by atoms with E-state index >= 15 is 0 Å². The molecular weight excluding hydrogens is 288 g/mol. The number of halogens is 1. The minimum absolute atomic E-state index is 0.221. The maximum absolute atomic E-state index is 5.76. The van der Waals surface area contributed by atoms with Gasteiger partial charge in [0, 0.05) is 18.3 Å². The molecule has 21 heavy (non-hydrogen) atoms. The summed E-state index contributed by atoms with van der Waals surface area (Å²) in [5.41, 5.74) is 8.43. The second-order valence-electron chi connectivity index (χ2n) is 4.61. The molecule has 1 heterocycles. The Balaban J connectivity index is 1.99. The summed E-state index contributed by atoms with van der Waals surface area (Å²) >= 11 is 5.59. The molecule has 0 spiro atoms. The smallest absolute Gasteiger partial charge is 0.119 e. The number of alkyl halides is 1. The van der Waals surface area contributed by atoms with Gasteiger partial charge in [0.1, 0.15) is 18.2 Å². The number of aryl methyl sites for hydroxylation is 2. The SMILES string of the molecule is CCn1cc(COc2ccc(N=C(N)CCl)cc2)c(C)n1. The predicted molar refractivity (Wildman–Crippen MR) is 85.4 cm³/mol. The van der Waals surface area contributed by atoms with Crippen molar-refractivity contribution in [1.29, 1.82) is 0 Å². The van der Waals surface area contributed by atoms with E-state index in [1.165, 1.54) is 0 Å². The number of hydrogen-bond acceptors (Lipinski definition) is 3. The third-order valence-corrected chi connectivity index (χ3v) is 3.29. The van der Waals surface area contributed by atoms with Crippen molar-refractivity contribution in [2.45, 2.75) is 27.0 Å². The molecule has 2 aromatic rings. The molecule has 2 rings (SSSR count). The Hall–Kier alpha value is -2.01. The molecule has 1 aromatic carbocycles. The lowest BCUT2D eigenvalue weighted by Gasteiger charge is -2.05. The Morgan fingerprint density at radius 3 is 2.67 bits per heavy atom. The quantitative estimate of drug-likeness (QED) is 0.507. The Bertz CT molecular complexity index is 619. The largest absolute Gasteiger partial charge is 0.489 e. The van der Waals surface area contributed by atoms with Gasteiger partial charge in [-0.1, -0.05) is 0 Å². The van der Waals surface area contributed by atoms with Crippen molar-refractivity contribution in [3.63, 3.8) is 0 Å². The highest BCUT2D eigenvalue weighted by Crippen LogP contribution is 2.19. The van der Waals surface area contributed by atoms with E-state index < -0.39 is 0 Å². The van der Waals surface area contributed by atoms with Crippen LogP contribution in [0.1, 0.15) is 18.2 Å². The van der Waals surface area contributed by atoms with Gasteiger partial charge in [-0.25, -0.2) is 4.99 Å². The number of nitrogens with two attached hydrogens (primary N) is 1. The standard InChI is InChI=1S/C15H19ClN4O/c1-3-20-9-12(11(2)19-20)10-21-14-6-4-13(5-7-14)18-15(17)8-16/h4-7,9H,3,8,10H2,1-2H3,(H2,17,18). The van der Waals surface area contributed by atoms with Crippen LogP contribution in [0.2, 0.25) is 0 Å². The Labute approximate surface area is 129 Å². The van der Waals surface area contributed by atoms with E-state index in [1.54, 1.807) is 0 Å². The molecule has 0 saturated heterocycles. The highest BCUT2D eigenvalue weighted by atomic mass is 35.5. The summed E-state index contributed by atoms with van der Waals surface area (Å²) in [5.74, 6) is 1.40. The molecule has 0 unspecified atom stereocenters. The van der Waals surface area contributed by atoms with Crippen molar-refractivity contribution in [1.82, 2.24) is 9.78 Å². The first-order valence-corrected chi connectivity index (χ1v) is 7.30. The summed E-state index contributed by atoms with van der Waals surface area (Å²) in [6.45, 7) is 5.40. The van der Waals surface area contributed by atoms with Crippen LogP contribution in [0.15, 0.2) is 35.5 Å². The normalized spacial score (nSPS) is 11.7. The molecule has 0 radical (unpaired) electrons. The molecule has 2 N–H and O–H groups in total. The van der Waals surface area contributed by atoms with Crippen LogP contribution in [0.3, 0.4) is 0 Å². The minimum Gasteiger partial charge on any atom is -0.489 e. The van der Waals surface area contributed by atoms with E-state index in [2.05, 4.69) is 17.0 Å². The van der Waals surface area contributed by atoms with Gasteiger partial charge in [-0.2, -0.15) is 5.10 Å². The van der Waals surface area contributed by atoms with Crippen molar-refractivity contribution < 1.29 is 4.74 Å². The number of benzene rings is 1. The molecule has 5 nitrogen and oxygen atoms in total. The number of hydrogen-bond donors (Lipinski definition) is 1. The van der Waals surface area contributed by atoms with Crippen LogP contribution in [0, 0.1) is 6.92 Å². The lowest BCUT2D eigenvalue weighted by atomic mass is 10.3. The van der Waals surface area contributed by atoms with Crippen molar-refractivity contribution >= 4 is 23.1 Å². The van der Waals surface area contributed by atoms with E-state index in [1.807, 2.05) is 42.1 Å². The molecule has 0 fully saturated rings. The van der Waals surface area contributed by atoms with Crippen LogP contribution in [0.25, 0.3) is 0 Å². The maximum atomic E-state index is 5.76. The topological polar surface area (TPSA) is 65.4 Å². The molecule has 0 atom stereocenters. The van der Waals surface area contributed by atoms with E-state index in [0.29, 0.717) is 12.4 Å². The molecule has 0 saturated carbocycles. The van der Waals surface area contributed by atoms with Gasteiger partial charge in [-0.15, -0.1) is 11.6 Å². The van der Waals surface area contributed by atoms with Gasteiger partial charge in [0.2, 0.25) is 0 Å². The van der Waals surface area contributed by atoms with Crippen molar-refractivity contribution in [3.8, 4) is 5.75 Å². The lowest BCUT2D eigenvalue weighted by Crippen LogP contribution is -2.12. The molecular formula is C15H19ClN4O. The molecule has 1 aromatic heterocycles. The van der Waals surface area contributed by atoms with Crippen LogP contribution in [0.5, 0.6) is 5.75 Å². The number of amidine groups is 1. The van der Waals surface area contributed by atoms with E-state index in [9.17, 15) is 0 Å². The van der Waals surface area contributed by atoms with Crippen molar-refractivity contribution in [2.24, 2.45) is 10.7 Å². The second kappa shape index (κ2) is 7.13. The summed E-state index contributed by atoms with van der Waals surface area (Å²) in [6.07, 6.45) is 2.01. The first kappa shape index (κ1) is 15.4. The molecule has 6 heteroatoms. The zero-order valence-electron chi connectivity index (χ0n) is 12.2. The first-order chi connectivity index (χ1) is 10.1. The summed E-state index contributed by atoms with van der Waals surface area (Å²) in [5, 5.41) is 4.39. The fourth-order valence-corrected chi connectivity index (χ4v) is 1.90. The number of rotatable bonds is 6. The van der Waals surface area contributed by atoms with Crippen molar-refractivity contribution in [3.05, 3.63) is 41.7 Å². The number of aromatic nitrogens is 2. The van der Waals surface area contributed by atoms with Gasteiger partial charge in [-0.05, 0) is 38.1 Å². The number of nitrogens with zero attached hydrogens (tertiary/aromatic N) is 3. The van der Waals surface area contributed by atoms with E-state index in [4.69, 9.17) is 22.1 Å². The summed E-state index contributed by atoms with van der Waals surface area (Å²) in [4.78, 5) is 4.16. The maximum Gasteiger partial charge on any atom is 0.119 e. The summed E-state index contributed by atoms with van der Waals surface area (Å²) in [6, 6.07) is 7.41. The highest BCUT2D eigenvalue weighted by molar-refractivity contribution is 6.28. The van der Waals surface area contributed by atoms with Gasteiger partial charge >= 0.3 is 0 Å². The summed E-state index contributed by atoms with van der Waals surface area (Å²) in [7, 11) is 0. The number of aliphatic imine (C=N–C) groups is 1. The third-order valence-electron chi connectivity index (χ3n) is 3.01. The van der Waals surface area contributed by atoms with Gasteiger partial charge in [0.15, 0.2) is 0 Å². The molecule has 112 valence electrons. The number of ether oxygens (including phenoxy) is 1. The zero-order chi connectivity index (χ0) is 15.2. The van der Waals surface area contributed by atoms with E-state index in [-0.39, 0.29) is 5.88 Å². The van der Waals surface area contributed by atoms with Gasteiger partial charge in [-0.3, -0.25) is 4.68 Å². The van der Waals surface area contributed by atoms with Crippen LogP contribution in [0.4, 0.5) is 5.69 Å². The fraction of sp³-hybridized carbons (Fsp3) is 0.333. The average Bonchev–Trinajstić information content (AvgIpc) is 2.87. The van der Waals surface area contributed by atoms with Crippen LogP contribution >= 0.6 is 11.6 Å². The molecule has 0 aliphatic heterocycles. The van der Waals surface area contributed by atoms with Gasteiger partial charge in [0.25, 0.3) is 0 Å². The van der Waals surface area contributed by atoms with Crippen LogP contribution < -0.4 is 10.5 Å². The zero-order valence-corrected chi connectivity index (χ0v) is 13.0. The van der Waals surface area contributed by atoms with E-state index in [0.717, 1.165) is 29.2 Å². The lowest BCUT2D eigenvalue weighted by molar-refractivity contribution is 0.305. The molecule has 0 aliphatic rings. The Morgan fingerprint density at radius 2 is 2.10 bits per heavy atom. The fourth-order valence-electron chi connectivity index (χ4n) is 1.84. The predicted octanol–water partition coefficient (Wildman–Crippen LogP) is 3.02. The van der Waals surface area contributed by atoms with Crippen molar-refractivity contribution in [2.75, 3.05) is 5.88 Å². The van der Waals surface area contributed by atoms with Gasteiger partial charge < -0.3 is 10.5 Å². The highest BCUT2D eigenvalue weighted by Gasteiger charge is 2.05. The molecule has 0 bridgehead atoms. The second-order valence-corrected chi connectivity index (χ2v) is 4.88. The van der Waals surface area contributed by atoms with Crippen LogP contribution in [-0.4, -0.2) is 21.5 Å². The molecule has 0 aliphatic carbocycles. The Morgan fingerprint density at radius 1 is 1.38 bits per heavy atom. The molecule has 0 amide bonds. The average molecular weight is 307 g/mol. The first-order valence-electron chi connectivity index (χ1n) is 6.77.